The van der Waals surface area contributed by atoms with E-state index in [1.54, 1.807) is 0 Å². The first kappa shape index (κ1) is 16.9. The van der Waals surface area contributed by atoms with Crippen LogP contribution in [0.2, 0.25) is 0 Å². The maximum Gasteiger partial charge on any atom is 0.144 e. The number of nitrogens with zero attached hydrogens (tertiary/aromatic N) is 4. The Morgan fingerprint density at radius 1 is 1.15 bits per heavy atom. The Kier molecular flexibility index (Phi) is 7.47. The lowest BCUT2D eigenvalue weighted by Gasteiger charge is -2.18. The molecule has 5 nitrogen and oxygen atoms in total. The molecule has 1 heterocycles. The summed E-state index contributed by atoms with van der Waals surface area (Å²) >= 11 is 0. The van der Waals surface area contributed by atoms with Crippen molar-refractivity contribution in [1.29, 1.82) is 0 Å². The predicted molar refractivity (Wildman–Crippen MR) is 85.1 cm³/mol. The van der Waals surface area contributed by atoms with Crippen LogP contribution in [0.25, 0.3) is 0 Å². The van der Waals surface area contributed by atoms with Crippen LogP contribution >= 0.6 is 0 Å². The highest BCUT2D eigenvalue weighted by Crippen LogP contribution is 2.08. The third-order valence-electron chi connectivity index (χ3n) is 3.01. The third kappa shape index (κ3) is 6.82. The summed E-state index contributed by atoms with van der Waals surface area (Å²) in [5.41, 5.74) is 1.02. The fourth-order valence-electron chi connectivity index (χ4n) is 2.02. The van der Waals surface area contributed by atoms with E-state index in [-0.39, 0.29) is 0 Å². The summed E-state index contributed by atoms with van der Waals surface area (Å²) in [7, 11) is 6.34. The van der Waals surface area contributed by atoms with Gasteiger partial charge in [0.25, 0.3) is 0 Å². The lowest BCUT2D eigenvalue weighted by Crippen LogP contribution is -2.24. The van der Waals surface area contributed by atoms with Crippen molar-refractivity contribution in [3.63, 3.8) is 0 Å². The van der Waals surface area contributed by atoms with Gasteiger partial charge in [0.1, 0.15) is 11.6 Å². The average Bonchev–Trinajstić information content (AvgIpc) is 2.35. The topological polar surface area (TPSA) is 44.3 Å². The van der Waals surface area contributed by atoms with Crippen molar-refractivity contribution in [1.82, 2.24) is 19.8 Å². The van der Waals surface area contributed by atoms with E-state index in [0.717, 1.165) is 56.4 Å². The minimum Gasteiger partial charge on any atom is -0.370 e. The zero-order valence-corrected chi connectivity index (χ0v) is 13.6. The van der Waals surface area contributed by atoms with Gasteiger partial charge in [-0.2, -0.15) is 0 Å². The predicted octanol–water partition coefficient (Wildman–Crippen LogP) is 1.99. The molecule has 0 amide bonds. The highest BCUT2D eigenvalue weighted by atomic mass is 15.1. The molecule has 20 heavy (non-hydrogen) atoms. The smallest absolute Gasteiger partial charge is 0.144 e. The summed E-state index contributed by atoms with van der Waals surface area (Å²) in [6.45, 7) is 8.11. The van der Waals surface area contributed by atoms with Crippen LogP contribution in [0, 0.1) is 6.92 Å². The van der Waals surface area contributed by atoms with E-state index in [0.29, 0.717) is 0 Å². The van der Waals surface area contributed by atoms with Crippen molar-refractivity contribution < 1.29 is 0 Å². The van der Waals surface area contributed by atoms with Crippen molar-refractivity contribution in [2.24, 2.45) is 0 Å². The number of hydrogen-bond donors (Lipinski definition) is 1. The fraction of sp³-hybridized carbons (Fsp3) is 0.733. The summed E-state index contributed by atoms with van der Waals surface area (Å²) in [5.74, 6) is 1.84. The van der Waals surface area contributed by atoms with Crippen LogP contribution in [0.5, 0.6) is 0 Å². The molecular formula is C15H29N5. The summed E-state index contributed by atoms with van der Waals surface area (Å²) in [4.78, 5) is 13.6. The Balaban J connectivity index is 2.51. The summed E-state index contributed by atoms with van der Waals surface area (Å²) < 4.78 is 0. The molecule has 5 heteroatoms. The number of rotatable bonds is 9. The van der Waals surface area contributed by atoms with Gasteiger partial charge < -0.3 is 10.2 Å². The molecule has 0 fully saturated rings. The normalized spacial score (nSPS) is 11.3. The van der Waals surface area contributed by atoms with E-state index in [2.05, 4.69) is 53.2 Å². The minimum atomic E-state index is 0.802. The minimum absolute atomic E-state index is 0.802. The van der Waals surface area contributed by atoms with Gasteiger partial charge in [-0.15, -0.1) is 0 Å². The first-order valence-corrected chi connectivity index (χ1v) is 7.43. The number of aryl methyl sites for hydroxylation is 1. The molecule has 0 bridgehead atoms. The number of nitrogens with one attached hydrogen (secondary N) is 1. The molecule has 1 rings (SSSR count). The lowest BCUT2D eigenvalue weighted by molar-refractivity contribution is 0.289. The van der Waals surface area contributed by atoms with Crippen molar-refractivity contribution in [2.45, 2.75) is 33.2 Å². The van der Waals surface area contributed by atoms with Crippen LogP contribution < -0.4 is 5.32 Å². The van der Waals surface area contributed by atoms with Gasteiger partial charge in [-0.25, -0.2) is 9.97 Å². The molecule has 0 saturated carbocycles. The van der Waals surface area contributed by atoms with Gasteiger partial charge in [-0.3, -0.25) is 4.90 Å². The van der Waals surface area contributed by atoms with Crippen LogP contribution in [0.15, 0.2) is 6.07 Å². The van der Waals surface area contributed by atoms with Gasteiger partial charge in [0.2, 0.25) is 0 Å². The molecule has 0 aliphatic carbocycles. The molecule has 1 aromatic rings. The van der Waals surface area contributed by atoms with Crippen LogP contribution in [0.4, 0.5) is 5.82 Å². The SMILES string of the molecule is CCCNc1cc(C)nc(CN(C)CCCN(C)C)n1. The second-order valence-electron chi connectivity index (χ2n) is 5.63. The Morgan fingerprint density at radius 2 is 1.90 bits per heavy atom. The van der Waals surface area contributed by atoms with E-state index in [1.807, 2.05) is 13.0 Å². The molecule has 1 aromatic heterocycles. The summed E-state index contributed by atoms with van der Waals surface area (Å²) in [5, 5.41) is 3.33. The van der Waals surface area contributed by atoms with E-state index in [1.165, 1.54) is 0 Å². The van der Waals surface area contributed by atoms with Crippen molar-refractivity contribution in [3.8, 4) is 0 Å². The summed E-state index contributed by atoms with van der Waals surface area (Å²) in [6, 6.07) is 2.01. The lowest BCUT2D eigenvalue weighted by atomic mass is 10.3. The Morgan fingerprint density at radius 3 is 2.55 bits per heavy atom. The van der Waals surface area contributed by atoms with Gasteiger partial charge in [-0.05, 0) is 54.0 Å². The number of anilines is 1. The van der Waals surface area contributed by atoms with Gasteiger partial charge in [0.05, 0.1) is 6.54 Å². The maximum absolute atomic E-state index is 4.58. The van der Waals surface area contributed by atoms with Gasteiger partial charge in [-0.1, -0.05) is 6.92 Å². The third-order valence-corrected chi connectivity index (χ3v) is 3.01. The zero-order chi connectivity index (χ0) is 15.0. The van der Waals surface area contributed by atoms with Crippen LogP contribution in [-0.2, 0) is 6.54 Å². The zero-order valence-electron chi connectivity index (χ0n) is 13.6. The second-order valence-corrected chi connectivity index (χ2v) is 5.63. The molecule has 114 valence electrons. The van der Waals surface area contributed by atoms with Crippen LogP contribution in [0.3, 0.4) is 0 Å². The molecule has 0 aromatic carbocycles. The average molecular weight is 279 g/mol. The van der Waals surface area contributed by atoms with Gasteiger partial charge >= 0.3 is 0 Å². The largest absolute Gasteiger partial charge is 0.370 e. The second kappa shape index (κ2) is 8.87. The van der Waals surface area contributed by atoms with Gasteiger partial charge in [0.15, 0.2) is 0 Å². The highest BCUT2D eigenvalue weighted by molar-refractivity contribution is 5.35. The summed E-state index contributed by atoms with van der Waals surface area (Å²) in [6.07, 6.45) is 2.26. The standard InChI is InChI=1S/C15H29N5/c1-6-8-16-14-11-13(2)17-15(18-14)12-20(5)10-7-9-19(3)4/h11H,6-10,12H2,1-5H3,(H,16,17,18). The Labute approximate surface area is 123 Å². The molecular weight excluding hydrogens is 250 g/mol. The number of hydrogen-bond acceptors (Lipinski definition) is 5. The molecule has 0 radical (unpaired) electrons. The number of aromatic nitrogens is 2. The van der Waals surface area contributed by atoms with Crippen LogP contribution in [0.1, 0.15) is 31.3 Å². The molecule has 0 aliphatic heterocycles. The van der Waals surface area contributed by atoms with E-state index >= 15 is 0 Å². The molecule has 0 spiro atoms. The van der Waals surface area contributed by atoms with Crippen LogP contribution in [-0.4, -0.2) is 60.5 Å². The maximum atomic E-state index is 4.58. The fourth-order valence-corrected chi connectivity index (χ4v) is 2.02. The highest BCUT2D eigenvalue weighted by Gasteiger charge is 2.06. The van der Waals surface area contributed by atoms with Gasteiger partial charge in [0, 0.05) is 18.3 Å². The molecule has 0 saturated heterocycles. The molecule has 1 N–H and O–H groups in total. The van der Waals surface area contributed by atoms with Crippen molar-refractivity contribution in [3.05, 3.63) is 17.6 Å². The quantitative estimate of drug-likeness (QED) is 0.749. The van der Waals surface area contributed by atoms with Crippen molar-refractivity contribution in [2.75, 3.05) is 46.1 Å². The Hall–Kier alpha value is -1.20. The molecule has 0 unspecified atom stereocenters. The monoisotopic (exact) mass is 279 g/mol. The first-order chi connectivity index (χ1) is 9.51. The van der Waals surface area contributed by atoms with E-state index in [9.17, 15) is 0 Å². The van der Waals surface area contributed by atoms with E-state index < -0.39 is 0 Å². The Bertz CT molecular complexity index is 392. The molecule has 0 atom stereocenters. The first-order valence-electron chi connectivity index (χ1n) is 7.43. The van der Waals surface area contributed by atoms with E-state index in [4.69, 9.17) is 0 Å². The van der Waals surface area contributed by atoms with Crippen molar-refractivity contribution >= 4 is 5.82 Å². The molecule has 0 aliphatic rings.